The number of hydrogen-bond acceptors (Lipinski definition) is 3. The molecule has 0 aliphatic carbocycles. The summed E-state index contributed by atoms with van der Waals surface area (Å²) < 4.78 is 24.1. The van der Waals surface area contributed by atoms with Crippen molar-refractivity contribution in [1.82, 2.24) is 9.62 Å². The van der Waals surface area contributed by atoms with Crippen LogP contribution in [0.2, 0.25) is 0 Å². The lowest BCUT2D eigenvalue weighted by atomic mass is 10.00. The average Bonchev–Trinajstić information content (AvgIpc) is 2.04. The van der Waals surface area contributed by atoms with Crippen molar-refractivity contribution >= 4 is 10.0 Å². The Morgan fingerprint density at radius 3 is 2.77 bits per heavy atom. The Morgan fingerprint density at radius 1 is 1.54 bits per heavy atom. The minimum absolute atomic E-state index is 0.480. The summed E-state index contributed by atoms with van der Waals surface area (Å²) in [7, 11) is -1.07. The van der Waals surface area contributed by atoms with Crippen molar-refractivity contribution in [2.45, 2.75) is 12.8 Å². The number of hydrogen-bond donors (Lipinski definition) is 1. The molecule has 4 nitrogen and oxygen atoms in total. The number of nitrogens with zero attached hydrogens (tertiary/aromatic N) is 1. The molecular weight excluding hydrogens is 188 g/mol. The molecule has 0 aromatic rings. The Hall–Kier alpha value is -0.130. The largest absolute Gasteiger partial charge is 0.319 e. The van der Waals surface area contributed by atoms with Gasteiger partial charge in [-0.05, 0) is 32.4 Å². The second kappa shape index (κ2) is 4.39. The molecular formula is C8H18N2O2S. The molecule has 1 rings (SSSR count). The Kier molecular flexibility index (Phi) is 3.70. The number of piperidine rings is 1. The fraction of sp³-hybridized carbons (Fsp3) is 1.00. The molecule has 1 aliphatic heterocycles. The molecule has 1 atom stereocenters. The first-order valence-corrected chi connectivity index (χ1v) is 6.48. The van der Waals surface area contributed by atoms with E-state index < -0.39 is 10.0 Å². The first-order valence-electron chi connectivity index (χ1n) is 4.63. The summed E-state index contributed by atoms with van der Waals surface area (Å²) in [4.78, 5) is 0. The molecule has 78 valence electrons. The van der Waals surface area contributed by atoms with Crippen molar-refractivity contribution in [2.24, 2.45) is 5.92 Å². The maximum atomic E-state index is 11.2. The van der Waals surface area contributed by atoms with Crippen molar-refractivity contribution in [2.75, 3.05) is 32.9 Å². The van der Waals surface area contributed by atoms with E-state index in [1.54, 1.807) is 4.31 Å². The molecule has 1 N–H and O–H groups in total. The SMILES string of the molecule is CNCC1CCCN(S(C)(=O)=O)C1. The molecule has 0 amide bonds. The van der Waals surface area contributed by atoms with Gasteiger partial charge in [-0.3, -0.25) is 0 Å². The van der Waals surface area contributed by atoms with E-state index in [0.29, 0.717) is 19.0 Å². The van der Waals surface area contributed by atoms with Gasteiger partial charge in [0, 0.05) is 13.1 Å². The third-order valence-electron chi connectivity index (χ3n) is 2.44. The van der Waals surface area contributed by atoms with Gasteiger partial charge in [0.2, 0.25) is 10.0 Å². The van der Waals surface area contributed by atoms with E-state index in [1.165, 1.54) is 6.26 Å². The molecule has 1 fully saturated rings. The van der Waals surface area contributed by atoms with E-state index in [4.69, 9.17) is 0 Å². The van der Waals surface area contributed by atoms with Crippen LogP contribution in [0.3, 0.4) is 0 Å². The van der Waals surface area contributed by atoms with Crippen LogP contribution in [0.1, 0.15) is 12.8 Å². The van der Waals surface area contributed by atoms with Gasteiger partial charge in [0.05, 0.1) is 6.26 Å². The molecule has 1 heterocycles. The fourth-order valence-electron chi connectivity index (χ4n) is 1.78. The maximum Gasteiger partial charge on any atom is 0.211 e. The van der Waals surface area contributed by atoms with Gasteiger partial charge in [-0.2, -0.15) is 0 Å². The lowest BCUT2D eigenvalue weighted by Gasteiger charge is -2.30. The zero-order chi connectivity index (χ0) is 9.90. The van der Waals surface area contributed by atoms with Gasteiger partial charge in [0.1, 0.15) is 0 Å². The standard InChI is InChI=1S/C8H18N2O2S/c1-9-6-8-4-3-5-10(7-8)13(2,11)12/h8-9H,3-7H2,1-2H3. The van der Waals surface area contributed by atoms with Crippen LogP contribution in [-0.4, -0.2) is 45.7 Å². The summed E-state index contributed by atoms with van der Waals surface area (Å²) in [5.74, 6) is 0.480. The average molecular weight is 206 g/mol. The van der Waals surface area contributed by atoms with Crippen molar-refractivity contribution in [3.63, 3.8) is 0 Å². The normalized spacial score (nSPS) is 26.2. The summed E-state index contributed by atoms with van der Waals surface area (Å²) in [6.45, 7) is 2.28. The zero-order valence-electron chi connectivity index (χ0n) is 8.28. The predicted molar refractivity (Wildman–Crippen MR) is 53.1 cm³/mol. The van der Waals surface area contributed by atoms with Gasteiger partial charge >= 0.3 is 0 Å². The molecule has 1 saturated heterocycles. The molecule has 0 bridgehead atoms. The maximum absolute atomic E-state index is 11.2. The monoisotopic (exact) mass is 206 g/mol. The van der Waals surface area contributed by atoms with Crippen LogP contribution in [0.15, 0.2) is 0 Å². The Labute approximate surface area is 80.4 Å². The van der Waals surface area contributed by atoms with Crippen LogP contribution in [0, 0.1) is 5.92 Å². The van der Waals surface area contributed by atoms with E-state index in [9.17, 15) is 8.42 Å². The summed E-state index contributed by atoms with van der Waals surface area (Å²) in [5.41, 5.74) is 0. The molecule has 0 radical (unpaired) electrons. The fourth-order valence-corrected chi connectivity index (χ4v) is 2.73. The van der Waals surface area contributed by atoms with Crippen molar-refractivity contribution in [3.8, 4) is 0 Å². The van der Waals surface area contributed by atoms with Crippen LogP contribution in [0.4, 0.5) is 0 Å². The topological polar surface area (TPSA) is 49.4 Å². The smallest absolute Gasteiger partial charge is 0.211 e. The Morgan fingerprint density at radius 2 is 2.23 bits per heavy atom. The second-order valence-electron chi connectivity index (χ2n) is 3.69. The number of rotatable bonds is 3. The quantitative estimate of drug-likeness (QED) is 0.700. The van der Waals surface area contributed by atoms with Crippen LogP contribution < -0.4 is 5.32 Å². The molecule has 0 saturated carbocycles. The van der Waals surface area contributed by atoms with E-state index in [2.05, 4.69) is 5.32 Å². The number of sulfonamides is 1. The first kappa shape index (κ1) is 10.9. The summed E-state index contributed by atoms with van der Waals surface area (Å²) in [6.07, 6.45) is 3.40. The van der Waals surface area contributed by atoms with Crippen molar-refractivity contribution < 1.29 is 8.42 Å². The van der Waals surface area contributed by atoms with E-state index >= 15 is 0 Å². The summed E-state index contributed by atoms with van der Waals surface area (Å²) in [6, 6.07) is 0. The molecule has 1 aliphatic rings. The zero-order valence-corrected chi connectivity index (χ0v) is 9.10. The van der Waals surface area contributed by atoms with Gasteiger partial charge in [-0.1, -0.05) is 0 Å². The predicted octanol–water partition coefficient (Wildman–Crippen LogP) is -0.123. The second-order valence-corrected chi connectivity index (χ2v) is 5.67. The number of nitrogens with one attached hydrogen (secondary N) is 1. The van der Waals surface area contributed by atoms with Crippen molar-refractivity contribution in [1.29, 1.82) is 0 Å². The molecule has 5 heteroatoms. The summed E-state index contributed by atoms with van der Waals surface area (Å²) >= 11 is 0. The minimum atomic E-state index is -2.97. The highest BCUT2D eigenvalue weighted by Crippen LogP contribution is 2.17. The van der Waals surface area contributed by atoms with Crippen LogP contribution >= 0.6 is 0 Å². The van der Waals surface area contributed by atoms with Gasteiger partial charge in [0.15, 0.2) is 0 Å². The lowest BCUT2D eigenvalue weighted by molar-refractivity contribution is 0.265. The Bertz CT molecular complexity index is 249. The van der Waals surface area contributed by atoms with Crippen LogP contribution in [0.5, 0.6) is 0 Å². The highest BCUT2D eigenvalue weighted by molar-refractivity contribution is 7.88. The lowest BCUT2D eigenvalue weighted by Crippen LogP contribution is -2.41. The molecule has 0 aromatic heterocycles. The third-order valence-corrected chi connectivity index (χ3v) is 3.71. The summed E-state index contributed by atoms with van der Waals surface area (Å²) in [5, 5.41) is 3.09. The van der Waals surface area contributed by atoms with Gasteiger partial charge in [0.25, 0.3) is 0 Å². The minimum Gasteiger partial charge on any atom is -0.319 e. The van der Waals surface area contributed by atoms with Gasteiger partial charge < -0.3 is 5.32 Å². The Balaban J connectivity index is 2.52. The van der Waals surface area contributed by atoms with E-state index in [0.717, 1.165) is 19.4 Å². The third kappa shape index (κ3) is 3.25. The highest BCUT2D eigenvalue weighted by atomic mass is 32.2. The van der Waals surface area contributed by atoms with Gasteiger partial charge in [-0.15, -0.1) is 0 Å². The first-order chi connectivity index (χ1) is 6.04. The van der Waals surface area contributed by atoms with Crippen LogP contribution in [0.25, 0.3) is 0 Å². The van der Waals surface area contributed by atoms with E-state index in [-0.39, 0.29) is 0 Å². The van der Waals surface area contributed by atoms with Crippen molar-refractivity contribution in [3.05, 3.63) is 0 Å². The molecule has 1 unspecified atom stereocenters. The van der Waals surface area contributed by atoms with Crippen LogP contribution in [-0.2, 0) is 10.0 Å². The molecule has 13 heavy (non-hydrogen) atoms. The highest BCUT2D eigenvalue weighted by Gasteiger charge is 2.24. The molecule has 0 spiro atoms. The van der Waals surface area contributed by atoms with Gasteiger partial charge in [-0.25, -0.2) is 12.7 Å². The van der Waals surface area contributed by atoms with E-state index in [1.807, 2.05) is 7.05 Å². The molecule has 0 aromatic carbocycles.